The van der Waals surface area contributed by atoms with Crippen molar-refractivity contribution in [3.05, 3.63) is 24.5 Å². The first-order valence-corrected chi connectivity index (χ1v) is 9.25. The van der Waals surface area contributed by atoms with Crippen LogP contribution in [0.2, 0.25) is 0 Å². The molecule has 8 nitrogen and oxygen atoms in total. The number of nitrogens with one attached hydrogen (secondary N) is 2. The van der Waals surface area contributed by atoms with Crippen molar-refractivity contribution in [1.29, 1.82) is 0 Å². The molecule has 0 unspecified atom stereocenters. The van der Waals surface area contributed by atoms with Gasteiger partial charge in [0, 0.05) is 45.5 Å². The predicted octanol–water partition coefficient (Wildman–Crippen LogP) is 0.550. The van der Waals surface area contributed by atoms with Gasteiger partial charge in [0.05, 0.1) is 19.3 Å². The summed E-state index contributed by atoms with van der Waals surface area (Å²) in [6.07, 6.45) is 5.69. The van der Waals surface area contributed by atoms with E-state index in [0.29, 0.717) is 25.7 Å². The van der Waals surface area contributed by atoms with E-state index in [1.165, 1.54) is 0 Å². The van der Waals surface area contributed by atoms with Crippen molar-refractivity contribution < 1.29 is 9.53 Å². The van der Waals surface area contributed by atoms with Crippen LogP contribution in [0.3, 0.4) is 0 Å². The number of ether oxygens (including phenoxy) is 1. The minimum absolute atomic E-state index is 0. The maximum Gasteiger partial charge on any atom is 0.234 e. The highest BCUT2D eigenvalue weighted by molar-refractivity contribution is 14.0. The van der Waals surface area contributed by atoms with Crippen LogP contribution in [0.4, 0.5) is 0 Å². The van der Waals surface area contributed by atoms with Gasteiger partial charge in [0.2, 0.25) is 5.91 Å². The van der Waals surface area contributed by atoms with Crippen LogP contribution in [0.15, 0.2) is 29.5 Å². The van der Waals surface area contributed by atoms with Gasteiger partial charge in [-0.1, -0.05) is 0 Å². The third-order valence-electron chi connectivity index (χ3n) is 4.48. The van der Waals surface area contributed by atoms with Gasteiger partial charge in [-0.3, -0.25) is 19.7 Å². The molecule has 1 aromatic heterocycles. The molecule has 0 radical (unpaired) electrons. The second kappa shape index (κ2) is 11.3. The quantitative estimate of drug-likeness (QED) is 0.253. The Labute approximate surface area is 177 Å². The van der Waals surface area contributed by atoms with Gasteiger partial charge in [0.15, 0.2) is 5.96 Å². The molecule has 0 bridgehead atoms. The monoisotopic (exact) mass is 488 g/mol. The lowest BCUT2D eigenvalue weighted by molar-refractivity contribution is -0.122. The van der Waals surface area contributed by atoms with Crippen molar-refractivity contribution in [1.82, 2.24) is 25.4 Å². The van der Waals surface area contributed by atoms with Gasteiger partial charge >= 0.3 is 0 Å². The minimum atomic E-state index is 0. The smallest absolute Gasteiger partial charge is 0.234 e. The van der Waals surface area contributed by atoms with E-state index in [1.807, 2.05) is 12.1 Å². The largest absolute Gasteiger partial charge is 0.490 e. The molecule has 0 aromatic carbocycles. The number of piperazine rings is 1. The Morgan fingerprint density at radius 1 is 1.33 bits per heavy atom. The zero-order valence-electron chi connectivity index (χ0n) is 15.8. The highest BCUT2D eigenvalue weighted by Crippen LogP contribution is 2.18. The van der Waals surface area contributed by atoms with Gasteiger partial charge in [0.1, 0.15) is 12.4 Å². The van der Waals surface area contributed by atoms with Crippen LogP contribution in [0, 0.1) is 0 Å². The number of carbonyl (C=O) groups is 1. The van der Waals surface area contributed by atoms with Gasteiger partial charge in [-0.25, -0.2) is 0 Å². The summed E-state index contributed by atoms with van der Waals surface area (Å²) in [6.45, 7) is 5.17. The van der Waals surface area contributed by atoms with Gasteiger partial charge in [-0.15, -0.1) is 24.0 Å². The number of guanidine groups is 1. The topological polar surface area (TPSA) is 82.1 Å². The van der Waals surface area contributed by atoms with E-state index in [4.69, 9.17) is 4.74 Å². The molecule has 1 aliphatic carbocycles. The Morgan fingerprint density at radius 3 is 2.74 bits per heavy atom. The van der Waals surface area contributed by atoms with Gasteiger partial charge in [-0.2, -0.15) is 0 Å². The molecule has 2 aliphatic rings. The molecule has 150 valence electrons. The molecule has 0 spiro atoms. The van der Waals surface area contributed by atoms with Crippen molar-refractivity contribution in [2.24, 2.45) is 4.99 Å². The van der Waals surface area contributed by atoms with E-state index in [2.05, 4.69) is 30.4 Å². The lowest BCUT2D eigenvalue weighted by Crippen LogP contribution is -2.54. The van der Waals surface area contributed by atoms with Crippen LogP contribution in [-0.4, -0.2) is 85.6 Å². The molecule has 2 N–H and O–H groups in total. The van der Waals surface area contributed by atoms with E-state index in [-0.39, 0.29) is 29.9 Å². The van der Waals surface area contributed by atoms with Crippen molar-refractivity contribution >= 4 is 35.8 Å². The number of hydrogen-bond donors (Lipinski definition) is 2. The Bertz CT molecular complexity index is 603. The lowest BCUT2D eigenvalue weighted by atomic mass is 10.3. The maximum atomic E-state index is 11.9. The SMILES string of the molecule is CN=C(NCCOc1cccnc1)N1CCN(CC(=O)NC2CC2)CC1.I. The number of hydrogen-bond acceptors (Lipinski definition) is 5. The first kappa shape index (κ1) is 21.7. The molecular weight excluding hydrogens is 459 g/mol. The average Bonchev–Trinajstić information content (AvgIpc) is 3.47. The summed E-state index contributed by atoms with van der Waals surface area (Å²) in [7, 11) is 1.79. The zero-order chi connectivity index (χ0) is 18.2. The first-order chi connectivity index (χ1) is 12.7. The first-order valence-electron chi connectivity index (χ1n) is 9.25. The van der Waals surface area contributed by atoms with Crippen LogP contribution in [0.5, 0.6) is 5.75 Å². The van der Waals surface area contributed by atoms with Crippen LogP contribution in [-0.2, 0) is 4.79 Å². The highest BCUT2D eigenvalue weighted by Gasteiger charge is 2.25. The number of pyridine rings is 1. The molecule has 1 aromatic rings. The van der Waals surface area contributed by atoms with Crippen molar-refractivity contribution in [3.63, 3.8) is 0 Å². The predicted molar refractivity (Wildman–Crippen MR) is 116 cm³/mol. The molecular formula is C18H29IN6O2. The molecule has 1 saturated heterocycles. The zero-order valence-corrected chi connectivity index (χ0v) is 18.1. The summed E-state index contributed by atoms with van der Waals surface area (Å²) < 4.78 is 5.63. The number of amides is 1. The van der Waals surface area contributed by atoms with E-state index in [0.717, 1.165) is 50.7 Å². The second-order valence-corrected chi connectivity index (χ2v) is 6.62. The van der Waals surface area contributed by atoms with E-state index < -0.39 is 0 Å². The fraction of sp³-hybridized carbons (Fsp3) is 0.611. The molecule has 1 aliphatic heterocycles. The Kier molecular flexibility index (Phi) is 9.05. The summed E-state index contributed by atoms with van der Waals surface area (Å²) in [4.78, 5) is 24.7. The minimum Gasteiger partial charge on any atom is -0.490 e. The van der Waals surface area contributed by atoms with Gasteiger partial charge in [-0.05, 0) is 25.0 Å². The summed E-state index contributed by atoms with van der Waals surface area (Å²) in [5.74, 6) is 1.79. The fourth-order valence-corrected chi connectivity index (χ4v) is 2.92. The van der Waals surface area contributed by atoms with Gasteiger partial charge < -0.3 is 20.3 Å². The standard InChI is InChI=1S/C18H28N6O2.HI/c1-19-18(21-7-12-26-16-3-2-6-20-13-16)24-10-8-23(9-11-24)14-17(25)22-15-4-5-15;/h2-3,6,13,15H,4-5,7-12,14H2,1H3,(H,19,21)(H,22,25);1H. The maximum absolute atomic E-state index is 11.9. The van der Waals surface area contributed by atoms with Crippen LogP contribution in [0.1, 0.15) is 12.8 Å². The fourth-order valence-electron chi connectivity index (χ4n) is 2.92. The molecule has 9 heteroatoms. The second-order valence-electron chi connectivity index (χ2n) is 6.62. The number of carbonyl (C=O) groups excluding carboxylic acids is 1. The molecule has 1 saturated carbocycles. The van der Waals surface area contributed by atoms with E-state index in [1.54, 1.807) is 19.4 Å². The number of aliphatic imine (C=N–C) groups is 1. The number of nitrogens with zero attached hydrogens (tertiary/aromatic N) is 4. The number of halogens is 1. The molecule has 2 fully saturated rings. The Hall–Kier alpha value is -1.62. The molecule has 0 atom stereocenters. The molecule has 27 heavy (non-hydrogen) atoms. The lowest BCUT2D eigenvalue weighted by Gasteiger charge is -2.36. The van der Waals surface area contributed by atoms with Crippen molar-refractivity contribution in [2.75, 3.05) is 52.9 Å². The normalized spacial score (nSPS) is 17.8. The third kappa shape index (κ3) is 7.49. The molecule has 2 heterocycles. The van der Waals surface area contributed by atoms with Crippen molar-refractivity contribution in [3.8, 4) is 5.75 Å². The summed E-state index contributed by atoms with van der Waals surface area (Å²) in [5, 5.41) is 6.38. The average molecular weight is 488 g/mol. The molecule has 3 rings (SSSR count). The summed E-state index contributed by atoms with van der Waals surface area (Å²) in [5.41, 5.74) is 0. The molecule has 1 amide bonds. The number of aromatic nitrogens is 1. The van der Waals surface area contributed by atoms with Crippen molar-refractivity contribution in [2.45, 2.75) is 18.9 Å². The van der Waals surface area contributed by atoms with E-state index >= 15 is 0 Å². The third-order valence-corrected chi connectivity index (χ3v) is 4.48. The number of rotatable bonds is 7. The highest BCUT2D eigenvalue weighted by atomic mass is 127. The van der Waals surface area contributed by atoms with Crippen LogP contribution < -0.4 is 15.4 Å². The van der Waals surface area contributed by atoms with E-state index in [9.17, 15) is 4.79 Å². The Balaban J connectivity index is 0.00000261. The van der Waals surface area contributed by atoms with Gasteiger partial charge in [0.25, 0.3) is 0 Å². The van der Waals surface area contributed by atoms with Crippen LogP contribution >= 0.6 is 24.0 Å². The summed E-state index contributed by atoms with van der Waals surface area (Å²) >= 11 is 0. The summed E-state index contributed by atoms with van der Waals surface area (Å²) in [6, 6.07) is 4.17. The Morgan fingerprint density at radius 2 is 2.11 bits per heavy atom. The van der Waals surface area contributed by atoms with Crippen LogP contribution in [0.25, 0.3) is 0 Å².